The maximum atomic E-state index is 12.3. The summed E-state index contributed by atoms with van der Waals surface area (Å²) in [5, 5.41) is 7.24. The van der Waals surface area contributed by atoms with E-state index in [-0.39, 0.29) is 5.91 Å². The van der Waals surface area contributed by atoms with E-state index < -0.39 is 0 Å². The van der Waals surface area contributed by atoms with Crippen molar-refractivity contribution in [2.24, 2.45) is 0 Å². The Balaban J connectivity index is 1.79. The van der Waals surface area contributed by atoms with Crippen molar-refractivity contribution in [2.45, 2.75) is 6.67 Å². The summed E-state index contributed by atoms with van der Waals surface area (Å²) >= 11 is 6.05. The number of nitrogens with zero attached hydrogens (tertiary/aromatic N) is 4. The Morgan fingerprint density at radius 3 is 2.86 bits per heavy atom. The molecule has 22 heavy (non-hydrogen) atoms. The smallest absolute Gasteiger partial charge is 0.275 e. The molecule has 1 aliphatic rings. The number of aromatic nitrogens is 2. The lowest BCUT2D eigenvalue weighted by atomic mass is 10.3. The second kappa shape index (κ2) is 5.82. The van der Waals surface area contributed by atoms with Gasteiger partial charge in [0.2, 0.25) is 0 Å². The lowest BCUT2D eigenvalue weighted by molar-refractivity contribution is 0.0466. The second-order valence-corrected chi connectivity index (χ2v) is 5.54. The quantitative estimate of drug-likeness (QED) is 0.945. The first-order valence-electron chi connectivity index (χ1n) is 6.80. The highest BCUT2D eigenvalue weighted by Crippen LogP contribution is 2.21. The molecule has 0 aliphatic carbocycles. The van der Waals surface area contributed by atoms with Gasteiger partial charge in [-0.25, -0.2) is 9.99 Å². The van der Waals surface area contributed by atoms with E-state index in [0.29, 0.717) is 23.1 Å². The fraction of sp³-hybridized carbons (Fsp3) is 0.200. The first-order chi connectivity index (χ1) is 10.5. The number of halogens is 1. The third-order valence-corrected chi connectivity index (χ3v) is 3.70. The predicted octanol–water partition coefficient (Wildman–Crippen LogP) is 2.51. The van der Waals surface area contributed by atoms with E-state index in [4.69, 9.17) is 11.6 Å². The number of para-hydroxylation sites is 1. The third-order valence-electron chi connectivity index (χ3n) is 3.37. The lowest BCUT2D eigenvalue weighted by Gasteiger charge is -2.30. The highest BCUT2D eigenvalue weighted by molar-refractivity contribution is 6.33. The molecule has 0 saturated heterocycles. The number of amides is 1. The molecule has 0 spiro atoms. The third kappa shape index (κ3) is 2.84. The van der Waals surface area contributed by atoms with Gasteiger partial charge < -0.3 is 9.88 Å². The van der Waals surface area contributed by atoms with Crippen LogP contribution in [0.5, 0.6) is 0 Å². The predicted molar refractivity (Wildman–Crippen MR) is 86.2 cm³/mol. The van der Waals surface area contributed by atoms with E-state index in [0.717, 1.165) is 5.82 Å². The van der Waals surface area contributed by atoms with Crippen molar-refractivity contribution >= 4 is 29.3 Å². The number of anilines is 1. The van der Waals surface area contributed by atoms with Gasteiger partial charge in [-0.3, -0.25) is 9.80 Å². The molecule has 3 rings (SSSR count). The van der Waals surface area contributed by atoms with Gasteiger partial charge in [0.05, 0.1) is 10.7 Å². The molecule has 0 bridgehead atoms. The minimum absolute atomic E-state index is 0.278. The summed E-state index contributed by atoms with van der Waals surface area (Å²) in [7, 11) is 3.91. The minimum Gasteiger partial charge on any atom is -0.319 e. The minimum atomic E-state index is -0.278. The molecule has 0 radical (unpaired) electrons. The zero-order valence-corrected chi connectivity index (χ0v) is 13.1. The Hall–Kier alpha value is -2.31. The molecule has 0 unspecified atom stereocenters. The number of carbonyl (C=O) groups excluding carboxylic acids is 1. The summed E-state index contributed by atoms with van der Waals surface area (Å²) in [6.07, 6.45) is 5.54. The maximum absolute atomic E-state index is 12.3. The van der Waals surface area contributed by atoms with Crippen LogP contribution < -0.4 is 5.32 Å². The van der Waals surface area contributed by atoms with Crippen LogP contribution in [0, 0.1) is 0 Å². The Kier molecular flexibility index (Phi) is 3.87. The lowest BCUT2D eigenvalue weighted by Crippen LogP contribution is -2.35. The maximum Gasteiger partial charge on any atom is 0.275 e. The number of imidazole rings is 1. The van der Waals surface area contributed by atoms with Gasteiger partial charge in [0.1, 0.15) is 18.2 Å². The fourth-order valence-electron chi connectivity index (χ4n) is 2.15. The summed E-state index contributed by atoms with van der Waals surface area (Å²) in [5.41, 5.74) is 0.936. The average molecular weight is 318 g/mol. The first kappa shape index (κ1) is 14.6. The van der Waals surface area contributed by atoms with Gasteiger partial charge in [0, 0.05) is 26.5 Å². The Morgan fingerprint density at radius 2 is 2.14 bits per heavy atom. The van der Waals surface area contributed by atoms with Crippen molar-refractivity contribution < 1.29 is 4.79 Å². The molecule has 114 valence electrons. The van der Waals surface area contributed by atoms with Crippen molar-refractivity contribution in [1.29, 1.82) is 0 Å². The second-order valence-electron chi connectivity index (χ2n) is 5.13. The Morgan fingerprint density at radius 1 is 1.36 bits per heavy atom. The molecule has 1 amide bonds. The van der Waals surface area contributed by atoms with Gasteiger partial charge in [-0.2, -0.15) is 0 Å². The van der Waals surface area contributed by atoms with E-state index >= 15 is 0 Å². The van der Waals surface area contributed by atoms with E-state index in [1.807, 2.05) is 53.1 Å². The molecule has 1 aromatic carbocycles. The van der Waals surface area contributed by atoms with E-state index in [1.54, 1.807) is 18.3 Å². The zero-order chi connectivity index (χ0) is 15.7. The van der Waals surface area contributed by atoms with Crippen molar-refractivity contribution in [3.63, 3.8) is 0 Å². The summed E-state index contributed by atoms with van der Waals surface area (Å²) in [5.74, 6) is 0.474. The van der Waals surface area contributed by atoms with Crippen LogP contribution in [-0.2, 0) is 6.67 Å². The largest absolute Gasteiger partial charge is 0.319 e. The SMILES string of the molecule is CN(C)N1C=Cc2nc(C(=O)Nc3ccccc3Cl)cn2C1. The van der Waals surface area contributed by atoms with Crippen molar-refractivity contribution in [3.05, 3.63) is 53.2 Å². The summed E-state index contributed by atoms with van der Waals surface area (Å²) in [6.45, 7) is 0.616. The summed E-state index contributed by atoms with van der Waals surface area (Å²) < 4.78 is 1.92. The molecular formula is C15H16ClN5O. The number of hydrogen-bond donors (Lipinski definition) is 1. The van der Waals surface area contributed by atoms with Crippen molar-refractivity contribution in [2.75, 3.05) is 19.4 Å². The van der Waals surface area contributed by atoms with E-state index in [1.165, 1.54) is 0 Å². The molecule has 2 aromatic rings. The normalized spacial score (nSPS) is 13.4. The summed E-state index contributed by atoms with van der Waals surface area (Å²) in [4.78, 5) is 16.7. The Labute approximate surface area is 133 Å². The van der Waals surface area contributed by atoms with Crippen LogP contribution in [0.4, 0.5) is 5.69 Å². The number of nitrogens with one attached hydrogen (secondary N) is 1. The van der Waals surface area contributed by atoms with Gasteiger partial charge in [0.25, 0.3) is 5.91 Å². The van der Waals surface area contributed by atoms with E-state index in [9.17, 15) is 4.79 Å². The molecule has 0 fully saturated rings. The van der Waals surface area contributed by atoms with Crippen LogP contribution in [0.1, 0.15) is 16.3 Å². The number of hydrogen-bond acceptors (Lipinski definition) is 4. The van der Waals surface area contributed by atoms with Crippen molar-refractivity contribution in [1.82, 2.24) is 19.6 Å². The molecule has 0 atom stereocenters. The van der Waals surface area contributed by atoms with Crippen LogP contribution in [0.3, 0.4) is 0 Å². The van der Waals surface area contributed by atoms with Crippen LogP contribution in [0.25, 0.3) is 6.08 Å². The number of hydrazine groups is 1. The van der Waals surface area contributed by atoms with Gasteiger partial charge in [-0.15, -0.1) is 0 Å². The van der Waals surface area contributed by atoms with Crippen LogP contribution in [0.15, 0.2) is 36.7 Å². The monoisotopic (exact) mass is 317 g/mol. The molecule has 1 N–H and O–H groups in total. The van der Waals surface area contributed by atoms with Crippen molar-refractivity contribution in [3.8, 4) is 0 Å². The van der Waals surface area contributed by atoms with Gasteiger partial charge in [0.15, 0.2) is 0 Å². The Bertz CT molecular complexity index is 737. The molecule has 0 saturated carbocycles. The first-order valence-corrected chi connectivity index (χ1v) is 7.17. The van der Waals surface area contributed by atoms with Gasteiger partial charge in [-0.05, 0) is 18.2 Å². The average Bonchev–Trinajstić information content (AvgIpc) is 2.92. The number of benzene rings is 1. The highest BCUT2D eigenvalue weighted by atomic mass is 35.5. The number of fused-ring (bicyclic) bond motifs is 1. The zero-order valence-electron chi connectivity index (χ0n) is 12.3. The van der Waals surface area contributed by atoms with Crippen LogP contribution in [0.2, 0.25) is 5.02 Å². The number of rotatable bonds is 3. The topological polar surface area (TPSA) is 53.4 Å². The van der Waals surface area contributed by atoms with Crippen LogP contribution >= 0.6 is 11.6 Å². The molecule has 1 aliphatic heterocycles. The van der Waals surface area contributed by atoms with Gasteiger partial charge >= 0.3 is 0 Å². The van der Waals surface area contributed by atoms with E-state index in [2.05, 4.69) is 10.3 Å². The van der Waals surface area contributed by atoms with Gasteiger partial charge in [-0.1, -0.05) is 23.7 Å². The molecule has 1 aromatic heterocycles. The highest BCUT2D eigenvalue weighted by Gasteiger charge is 2.18. The molecule has 2 heterocycles. The molecule has 6 nitrogen and oxygen atoms in total. The summed E-state index contributed by atoms with van der Waals surface area (Å²) in [6, 6.07) is 7.11. The fourth-order valence-corrected chi connectivity index (χ4v) is 2.33. The van der Waals surface area contributed by atoms with Crippen LogP contribution in [-0.4, -0.2) is 39.6 Å². The number of carbonyl (C=O) groups is 1. The molecular weight excluding hydrogens is 302 g/mol. The standard InChI is InChI=1S/C15H16ClN5O/c1-19(2)21-8-7-14-17-13(9-20(14)10-21)15(22)18-12-6-4-3-5-11(12)16/h3-9H,10H2,1-2H3,(H,18,22). The molecule has 7 heteroatoms.